The van der Waals surface area contributed by atoms with Crippen molar-refractivity contribution in [2.45, 2.75) is 46.7 Å². The Kier molecular flexibility index (Phi) is 6.59. The van der Waals surface area contributed by atoms with Gasteiger partial charge in [0.2, 0.25) is 0 Å². The maximum Gasteiger partial charge on any atom is 0.128 e. The third kappa shape index (κ3) is 5.37. The van der Waals surface area contributed by atoms with Crippen molar-refractivity contribution in [2.75, 3.05) is 18.5 Å². The average molecular weight is 284 g/mol. The van der Waals surface area contributed by atoms with E-state index in [1.54, 1.807) is 0 Å². The lowest BCUT2D eigenvalue weighted by atomic mass is 10.1. The summed E-state index contributed by atoms with van der Waals surface area (Å²) in [5.74, 6) is 1.66. The molecule has 1 unspecified atom stereocenters. The van der Waals surface area contributed by atoms with E-state index >= 15 is 0 Å². The molecule has 108 valence electrons. The highest BCUT2D eigenvalue weighted by molar-refractivity contribution is 6.31. The van der Waals surface area contributed by atoms with Gasteiger partial charge in [0.05, 0.1) is 10.7 Å². The van der Waals surface area contributed by atoms with Gasteiger partial charge in [-0.3, -0.25) is 0 Å². The molecule has 0 aliphatic heterocycles. The molecule has 0 aromatic carbocycles. The van der Waals surface area contributed by atoms with E-state index in [0.717, 1.165) is 23.1 Å². The number of halogens is 1. The molecule has 0 bridgehead atoms. The summed E-state index contributed by atoms with van der Waals surface area (Å²) < 4.78 is 0. The molecule has 0 fully saturated rings. The summed E-state index contributed by atoms with van der Waals surface area (Å²) in [6.45, 7) is 10.4. The van der Waals surface area contributed by atoms with Crippen molar-refractivity contribution >= 4 is 17.4 Å². The van der Waals surface area contributed by atoms with Crippen LogP contribution in [0.15, 0.2) is 12.1 Å². The molecule has 0 radical (unpaired) electrons. The Balaban J connectivity index is 2.77. The van der Waals surface area contributed by atoms with Crippen LogP contribution in [0, 0.1) is 5.92 Å². The van der Waals surface area contributed by atoms with E-state index < -0.39 is 0 Å². The van der Waals surface area contributed by atoms with Crippen LogP contribution in [-0.2, 0) is 6.54 Å². The van der Waals surface area contributed by atoms with E-state index in [9.17, 15) is 0 Å². The summed E-state index contributed by atoms with van der Waals surface area (Å²) >= 11 is 6.20. The number of hydrogen-bond donors (Lipinski definition) is 1. The molecular formula is C15H26ClN3. The number of nitrogens with one attached hydrogen (secondary N) is 1. The van der Waals surface area contributed by atoms with Crippen LogP contribution in [-0.4, -0.2) is 24.6 Å². The summed E-state index contributed by atoms with van der Waals surface area (Å²) in [5.41, 5.74) is 0.920. The van der Waals surface area contributed by atoms with Gasteiger partial charge >= 0.3 is 0 Å². The van der Waals surface area contributed by atoms with Crippen LogP contribution in [0.4, 0.5) is 5.82 Å². The molecule has 0 aliphatic rings. The highest BCUT2D eigenvalue weighted by atomic mass is 35.5. The van der Waals surface area contributed by atoms with Crippen molar-refractivity contribution in [3.05, 3.63) is 22.8 Å². The Morgan fingerprint density at radius 3 is 2.58 bits per heavy atom. The van der Waals surface area contributed by atoms with Gasteiger partial charge in [0.1, 0.15) is 5.82 Å². The van der Waals surface area contributed by atoms with Crippen molar-refractivity contribution in [2.24, 2.45) is 5.92 Å². The van der Waals surface area contributed by atoms with Crippen LogP contribution in [0.3, 0.4) is 0 Å². The molecule has 1 atom stereocenters. The zero-order valence-electron chi connectivity index (χ0n) is 12.7. The Morgan fingerprint density at radius 1 is 1.32 bits per heavy atom. The normalized spacial score (nSPS) is 12.8. The van der Waals surface area contributed by atoms with Gasteiger partial charge in [0.25, 0.3) is 0 Å². The van der Waals surface area contributed by atoms with Crippen molar-refractivity contribution in [3.8, 4) is 0 Å². The van der Waals surface area contributed by atoms with Crippen molar-refractivity contribution < 1.29 is 0 Å². The third-order valence-corrected chi connectivity index (χ3v) is 3.60. The second-order valence-electron chi connectivity index (χ2n) is 5.53. The van der Waals surface area contributed by atoms with Crippen LogP contribution in [0.2, 0.25) is 5.02 Å². The number of hydrogen-bond acceptors (Lipinski definition) is 3. The van der Waals surface area contributed by atoms with E-state index in [4.69, 9.17) is 11.6 Å². The quantitative estimate of drug-likeness (QED) is 0.827. The molecule has 0 amide bonds. The lowest BCUT2D eigenvalue weighted by Crippen LogP contribution is -2.26. The first kappa shape index (κ1) is 16.3. The Bertz CT molecular complexity index is 393. The van der Waals surface area contributed by atoms with Gasteiger partial charge in [0, 0.05) is 26.2 Å². The number of aromatic nitrogens is 1. The van der Waals surface area contributed by atoms with Gasteiger partial charge in [-0.2, -0.15) is 0 Å². The molecule has 0 spiro atoms. The topological polar surface area (TPSA) is 28.2 Å². The highest BCUT2D eigenvalue weighted by Gasteiger charge is 2.10. The minimum absolute atomic E-state index is 0.430. The fourth-order valence-corrected chi connectivity index (χ4v) is 1.97. The Hall–Kier alpha value is -0.800. The second kappa shape index (κ2) is 7.71. The standard InChI is InChI=1S/C15H26ClN3/c1-6-12(4)10-19(5)15-8-7-13(16)14(18-15)9-17-11(2)3/h7-8,11-12,17H,6,9-10H2,1-5H3. The van der Waals surface area contributed by atoms with E-state index in [0.29, 0.717) is 18.5 Å². The van der Waals surface area contributed by atoms with Gasteiger partial charge in [-0.25, -0.2) is 4.98 Å². The zero-order chi connectivity index (χ0) is 14.4. The van der Waals surface area contributed by atoms with Crippen LogP contribution in [0.1, 0.15) is 39.8 Å². The lowest BCUT2D eigenvalue weighted by molar-refractivity contribution is 0.555. The zero-order valence-corrected chi connectivity index (χ0v) is 13.5. The third-order valence-electron chi connectivity index (χ3n) is 3.26. The molecule has 0 saturated heterocycles. The second-order valence-corrected chi connectivity index (χ2v) is 5.93. The Labute approximate surface area is 122 Å². The smallest absolute Gasteiger partial charge is 0.128 e. The van der Waals surface area contributed by atoms with Crippen molar-refractivity contribution in [1.29, 1.82) is 0 Å². The summed E-state index contributed by atoms with van der Waals surface area (Å²) in [5, 5.41) is 4.09. The minimum Gasteiger partial charge on any atom is -0.359 e. The molecule has 1 heterocycles. The van der Waals surface area contributed by atoms with E-state index in [1.165, 1.54) is 6.42 Å². The van der Waals surface area contributed by atoms with Crippen molar-refractivity contribution in [1.82, 2.24) is 10.3 Å². The molecule has 0 aliphatic carbocycles. The monoisotopic (exact) mass is 283 g/mol. The maximum absolute atomic E-state index is 6.20. The fraction of sp³-hybridized carbons (Fsp3) is 0.667. The van der Waals surface area contributed by atoms with Gasteiger partial charge in [-0.1, -0.05) is 45.7 Å². The largest absolute Gasteiger partial charge is 0.359 e. The van der Waals surface area contributed by atoms with Gasteiger partial charge in [-0.05, 0) is 18.1 Å². The van der Waals surface area contributed by atoms with E-state index in [1.807, 2.05) is 12.1 Å². The maximum atomic E-state index is 6.20. The molecule has 3 nitrogen and oxygen atoms in total. The van der Waals surface area contributed by atoms with Crippen molar-refractivity contribution in [3.63, 3.8) is 0 Å². The summed E-state index contributed by atoms with van der Waals surface area (Å²) in [6, 6.07) is 4.36. The van der Waals surface area contributed by atoms with Crippen LogP contribution in [0.5, 0.6) is 0 Å². The molecule has 1 rings (SSSR count). The summed E-state index contributed by atoms with van der Waals surface area (Å²) in [6.07, 6.45) is 1.18. The van der Waals surface area contributed by atoms with E-state index in [-0.39, 0.29) is 0 Å². The minimum atomic E-state index is 0.430. The SMILES string of the molecule is CCC(C)CN(C)c1ccc(Cl)c(CNC(C)C)n1. The average Bonchev–Trinajstić information content (AvgIpc) is 2.37. The fourth-order valence-electron chi connectivity index (χ4n) is 1.80. The van der Waals surface area contributed by atoms with Crippen LogP contribution >= 0.6 is 11.6 Å². The molecule has 1 aromatic heterocycles. The van der Waals surface area contributed by atoms with Gasteiger partial charge in [0.15, 0.2) is 0 Å². The highest BCUT2D eigenvalue weighted by Crippen LogP contribution is 2.19. The molecule has 4 heteroatoms. The summed E-state index contributed by atoms with van der Waals surface area (Å²) in [4.78, 5) is 6.86. The predicted octanol–water partition coefficient (Wildman–Crippen LogP) is 3.72. The van der Waals surface area contributed by atoms with Crippen LogP contribution < -0.4 is 10.2 Å². The lowest BCUT2D eigenvalue weighted by Gasteiger charge is -2.22. The molecule has 0 saturated carbocycles. The molecule has 1 N–H and O–H groups in total. The first-order valence-corrected chi connectivity index (χ1v) is 7.41. The number of nitrogens with zero attached hydrogens (tertiary/aromatic N) is 2. The predicted molar refractivity (Wildman–Crippen MR) is 83.9 cm³/mol. The van der Waals surface area contributed by atoms with Gasteiger partial charge < -0.3 is 10.2 Å². The summed E-state index contributed by atoms with van der Waals surface area (Å²) in [7, 11) is 2.09. The molecule has 1 aromatic rings. The number of anilines is 1. The number of rotatable bonds is 7. The Morgan fingerprint density at radius 2 is 2.00 bits per heavy atom. The first-order chi connectivity index (χ1) is 8.93. The molecular weight excluding hydrogens is 258 g/mol. The number of pyridine rings is 1. The first-order valence-electron chi connectivity index (χ1n) is 7.04. The van der Waals surface area contributed by atoms with Crippen LogP contribution in [0.25, 0.3) is 0 Å². The van der Waals surface area contributed by atoms with Gasteiger partial charge in [-0.15, -0.1) is 0 Å². The molecule has 19 heavy (non-hydrogen) atoms. The van der Waals surface area contributed by atoms with E-state index in [2.05, 4.69) is 49.9 Å².